The molecule has 1 rings (SSSR count). The molecule has 6 nitrogen and oxygen atoms in total. The zero-order valence-corrected chi connectivity index (χ0v) is 13.6. The van der Waals surface area contributed by atoms with Gasteiger partial charge < -0.3 is 10.5 Å². The Morgan fingerprint density at radius 3 is 2.43 bits per heavy atom. The van der Waals surface area contributed by atoms with E-state index in [0.717, 1.165) is 4.31 Å². The highest BCUT2D eigenvalue weighted by Gasteiger charge is 2.28. The van der Waals surface area contributed by atoms with Gasteiger partial charge in [0.25, 0.3) is 0 Å². The van der Waals surface area contributed by atoms with Crippen molar-refractivity contribution in [2.75, 3.05) is 20.2 Å². The Bertz CT molecular complexity index is 611. The SMILES string of the molecule is COc1ccc(S(=O)(=O)N(CC(N)=O)CC(C)C)c(C)c1. The maximum Gasteiger partial charge on any atom is 0.243 e. The molecular weight excluding hydrogens is 292 g/mol. The summed E-state index contributed by atoms with van der Waals surface area (Å²) < 4.78 is 31.6. The van der Waals surface area contributed by atoms with Crippen molar-refractivity contribution in [2.45, 2.75) is 25.7 Å². The van der Waals surface area contributed by atoms with Gasteiger partial charge in [-0.25, -0.2) is 8.42 Å². The van der Waals surface area contributed by atoms with Crippen molar-refractivity contribution < 1.29 is 17.9 Å². The third-order valence-electron chi connectivity index (χ3n) is 2.90. The van der Waals surface area contributed by atoms with Gasteiger partial charge in [-0.05, 0) is 36.6 Å². The molecule has 0 saturated carbocycles. The number of nitrogens with zero attached hydrogens (tertiary/aromatic N) is 1. The van der Waals surface area contributed by atoms with E-state index >= 15 is 0 Å². The third-order valence-corrected chi connectivity index (χ3v) is 4.87. The standard InChI is InChI=1S/C14H22N2O4S/c1-10(2)8-16(9-14(15)17)21(18,19)13-6-5-12(20-4)7-11(13)3/h5-7,10H,8-9H2,1-4H3,(H2,15,17). The lowest BCUT2D eigenvalue weighted by atomic mass is 10.2. The summed E-state index contributed by atoms with van der Waals surface area (Å²) in [5.41, 5.74) is 5.73. The van der Waals surface area contributed by atoms with Crippen LogP contribution < -0.4 is 10.5 Å². The lowest BCUT2D eigenvalue weighted by molar-refractivity contribution is -0.118. The van der Waals surface area contributed by atoms with Gasteiger partial charge in [-0.3, -0.25) is 4.79 Å². The van der Waals surface area contributed by atoms with E-state index in [1.165, 1.54) is 13.2 Å². The molecule has 0 aliphatic carbocycles. The van der Waals surface area contributed by atoms with Gasteiger partial charge in [0, 0.05) is 6.54 Å². The number of carbonyl (C=O) groups excluding carboxylic acids is 1. The van der Waals surface area contributed by atoms with E-state index in [0.29, 0.717) is 11.3 Å². The van der Waals surface area contributed by atoms with Crippen molar-refractivity contribution in [1.82, 2.24) is 4.31 Å². The molecular formula is C14H22N2O4S. The van der Waals surface area contributed by atoms with E-state index in [9.17, 15) is 13.2 Å². The fraction of sp³-hybridized carbons (Fsp3) is 0.500. The molecule has 7 heteroatoms. The Morgan fingerprint density at radius 2 is 2.00 bits per heavy atom. The molecule has 0 aliphatic heterocycles. The molecule has 0 bridgehead atoms. The van der Waals surface area contributed by atoms with Gasteiger partial charge in [0.15, 0.2) is 0 Å². The van der Waals surface area contributed by atoms with Crippen LogP contribution in [0.15, 0.2) is 23.1 Å². The minimum atomic E-state index is -3.77. The first-order valence-corrected chi connectivity index (χ1v) is 8.05. The van der Waals surface area contributed by atoms with E-state index < -0.39 is 15.9 Å². The van der Waals surface area contributed by atoms with Crippen LogP contribution in [0.1, 0.15) is 19.4 Å². The molecule has 2 N–H and O–H groups in total. The first kappa shape index (κ1) is 17.5. The van der Waals surface area contributed by atoms with Crippen LogP contribution in [-0.2, 0) is 14.8 Å². The zero-order chi connectivity index (χ0) is 16.2. The minimum absolute atomic E-state index is 0.0812. The van der Waals surface area contributed by atoms with Gasteiger partial charge in [-0.1, -0.05) is 13.8 Å². The molecule has 0 unspecified atom stereocenters. The van der Waals surface area contributed by atoms with E-state index in [-0.39, 0.29) is 23.9 Å². The van der Waals surface area contributed by atoms with Crippen LogP contribution in [0.25, 0.3) is 0 Å². The number of hydrogen-bond donors (Lipinski definition) is 1. The van der Waals surface area contributed by atoms with Crippen LogP contribution in [0.2, 0.25) is 0 Å². The molecule has 0 radical (unpaired) electrons. The average Bonchev–Trinajstić information content (AvgIpc) is 2.36. The topological polar surface area (TPSA) is 89.7 Å². The maximum absolute atomic E-state index is 12.7. The predicted molar refractivity (Wildman–Crippen MR) is 80.5 cm³/mol. The largest absolute Gasteiger partial charge is 0.497 e. The summed E-state index contributed by atoms with van der Waals surface area (Å²) in [6.07, 6.45) is 0. The van der Waals surface area contributed by atoms with Gasteiger partial charge in [-0.15, -0.1) is 0 Å². The normalized spacial score (nSPS) is 11.9. The smallest absolute Gasteiger partial charge is 0.243 e. The summed E-state index contributed by atoms with van der Waals surface area (Å²) >= 11 is 0. The van der Waals surface area contributed by atoms with Gasteiger partial charge in [0.2, 0.25) is 15.9 Å². The molecule has 0 spiro atoms. The summed E-state index contributed by atoms with van der Waals surface area (Å²) in [6.45, 7) is 5.35. The van der Waals surface area contributed by atoms with Crippen LogP contribution in [0, 0.1) is 12.8 Å². The van der Waals surface area contributed by atoms with Crippen LogP contribution in [0.5, 0.6) is 5.75 Å². The second-order valence-electron chi connectivity index (χ2n) is 5.29. The molecule has 0 atom stereocenters. The molecule has 0 aliphatic rings. The number of ether oxygens (including phenoxy) is 1. The number of amides is 1. The second kappa shape index (κ2) is 6.91. The number of sulfonamides is 1. The van der Waals surface area contributed by atoms with E-state index in [2.05, 4.69) is 0 Å². The Labute approximate surface area is 125 Å². The first-order chi connectivity index (χ1) is 9.68. The summed E-state index contributed by atoms with van der Waals surface area (Å²) in [7, 11) is -2.25. The van der Waals surface area contributed by atoms with Crippen LogP contribution in [0.3, 0.4) is 0 Å². The highest BCUT2D eigenvalue weighted by molar-refractivity contribution is 7.89. The van der Waals surface area contributed by atoms with Crippen LogP contribution in [-0.4, -0.2) is 38.8 Å². The summed E-state index contributed by atoms with van der Waals surface area (Å²) in [5.74, 6) is -0.0140. The van der Waals surface area contributed by atoms with E-state index in [4.69, 9.17) is 10.5 Å². The lowest BCUT2D eigenvalue weighted by Crippen LogP contribution is -2.40. The number of primary amides is 1. The first-order valence-electron chi connectivity index (χ1n) is 6.61. The van der Waals surface area contributed by atoms with Crippen molar-refractivity contribution in [2.24, 2.45) is 11.7 Å². The molecule has 0 fully saturated rings. The van der Waals surface area contributed by atoms with Crippen molar-refractivity contribution in [1.29, 1.82) is 0 Å². The second-order valence-corrected chi connectivity index (χ2v) is 7.20. The maximum atomic E-state index is 12.7. The summed E-state index contributed by atoms with van der Waals surface area (Å²) in [4.78, 5) is 11.3. The van der Waals surface area contributed by atoms with Gasteiger partial charge in [0.05, 0.1) is 18.6 Å². The summed E-state index contributed by atoms with van der Waals surface area (Å²) in [5, 5.41) is 0. The monoisotopic (exact) mass is 314 g/mol. The highest BCUT2D eigenvalue weighted by atomic mass is 32.2. The molecule has 1 aromatic carbocycles. The molecule has 0 aromatic heterocycles. The number of nitrogens with two attached hydrogens (primary N) is 1. The Hall–Kier alpha value is -1.60. The third kappa shape index (κ3) is 4.44. The molecule has 21 heavy (non-hydrogen) atoms. The Balaban J connectivity index is 3.24. The molecule has 0 heterocycles. The van der Waals surface area contributed by atoms with Crippen molar-refractivity contribution >= 4 is 15.9 Å². The van der Waals surface area contributed by atoms with Gasteiger partial charge in [-0.2, -0.15) is 4.31 Å². The molecule has 1 amide bonds. The van der Waals surface area contributed by atoms with Crippen molar-refractivity contribution in [3.8, 4) is 5.75 Å². The molecule has 1 aromatic rings. The van der Waals surface area contributed by atoms with Crippen molar-refractivity contribution in [3.63, 3.8) is 0 Å². The van der Waals surface area contributed by atoms with Crippen molar-refractivity contribution in [3.05, 3.63) is 23.8 Å². The quantitative estimate of drug-likeness (QED) is 0.817. The summed E-state index contributed by atoms with van der Waals surface area (Å²) in [6, 6.07) is 4.71. The van der Waals surface area contributed by atoms with Gasteiger partial charge in [0.1, 0.15) is 5.75 Å². The zero-order valence-electron chi connectivity index (χ0n) is 12.8. The van der Waals surface area contributed by atoms with Crippen LogP contribution in [0.4, 0.5) is 0 Å². The Kier molecular flexibility index (Phi) is 5.74. The Morgan fingerprint density at radius 1 is 1.38 bits per heavy atom. The van der Waals surface area contributed by atoms with E-state index in [1.807, 2.05) is 13.8 Å². The number of carbonyl (C=O) groups is 1. The fourth-order valence-corrected chi connectivity index (χ4v) is 3.78. The minimum Gasteiger partial charge on any atom is -0.497 e. The number of rotatable bonds is 7. The number of benzene rings is 1. The fourth-order valence-electron chi connectivity index (χ4n) is 2.01. The highest BCUT2D eigenvalue weighted by Crippen LogP contribution is 2.24. The van der Waals surface area contributed by atoms with E-state index in [1.54, 1.807) is 19.1 Å². The molecule has 0 saturated heterocycles. The van der Waals surface area contributed by atoms with Gasteiger partial charge >= 0.3 is 0 Å². The lowest BCUT2D eigenvalue weighted by Gasteiger charge is -2.23. The number of methoxy groups -OCH3 is 1. The number of aryl methyl sites for hydroxylation is 1. The average molecular weight is 314 g/mol. The van der Waals surface area contributed by atoms with Crippen LogP contribution >= 0.6 is 0 Å². The molecule has 118 valence electrons. The predicted octanol–water partition coefficient (Wildman–Crippen LogP) is 1.14. The number of hydrogen-bond acceptors (Lipinski definition) is 4.